The molecule has 138 valence electrons. The average Bonchev–Trinajstić information content (AvgIpc) is 2.53. The van der Waals surface area contributed by atoms with Gasteiger partial charge in [-0.25, -0.2) is 0 Å². The summed E-state index contributed by atoms with van der Waals surface area (Å²) in [7, 11) is 0. The summed E-state index contributed by atoms with van der Waals surface area (Å²) in [6.07, 6.45) is -4.10. The molecule has 0 aromatic heterocycles. The Kier molecular flexibility index (Phi) is 8.49. The van der Waals surface area contributed by atoms with Crippen molar-refractivity contribution in [3.63, 3.8) is 0 Å². The van der Waals surface area contributed by atoms with E-state index in [1.54, 1.807) is 30.3 Å². The molecule has 0 saturated carbocycles. The molecule has 0 nitrogen and oxygen atoms in total. The van der Waals surface area contributed by atoms with Gasteiger partial charge in [0.15, 0.2) is 0 Å². The SMILES string of the molecule is CCC[CH2][Sn]([CH2]CCC)([c]1ccccc1)[C](F)(F)CCC(F)(F)F. The molecule has 0 bridgehead atoms. The first-order valence-electron chi connectivity index (χ1n) is 8.68. The molecule has 1 aromatic carbocycles. The zero-order valence-electron chi connectivity index (χ0n) is 14.4. The van der Waals surface area contributed by atoms with Crippen LogP contribution in [0.5, 0.6) is 0 Å². The van der Waals surface area contributed by atoms with Gasteiger partial charge < -0.3 is 0 Å². The maximum absolute atomic E-state index is 15.2. The number of benzene rings is 1. The second-order valence-corrected chi connectivity index (χ2v) is 19.2. The summed E-state index contributed by atoms with van der Waals surface area (Å²) < 4.78 is 66.4. The molecule has 24 heavy (non-hydrogen) atoms. The van der Waals surface area contributed by atoms with E-state index in [1.165, 1.54) is 0 Å². The van der Waals surface area contributed by atoms with Crippen molar-refractivity contribution in [2.24, 2.45) is 0 Å². The van der Waals surface area contributed by atoms with Gasteiger partial charge in [-0.2, -0.15) is 0 Å². The van der Waals surface area contributed by atoms with Gasteiger partial charge in [0.1, 0.15) is 0 Å². The van der Waals surface area contributed by atoms with Crippen LogP contribution in [0.15, 0.2) is 30.3 Å². The first-order valence-corrected chi connectivity index (χ1v) is 15.6. The molecule has 1 aromatic rings. The van der Waals surface area contributed by atoms with Crippen molar-refractivity contribution in [2.45, 2.75) is 71.4 Å². The summed E-state index contributed by atoms with van der Waals surface area (Å²) in [4.78, 5) is 0. The van der Waals surface area contributed by atoms with Crippen LogP contribution in [0.3, 0.4) is 0 Å². The number of hydrogen-bond acceptors (Lipinski definition) is 0. The standard InChI is InChI=1S/C6H5.C4H4F5.2C4H9.Sn/c1-2-4-6-5-3-1;5-3(6)1-2-4(7,8)9;2*1-3-4-2;/h1-5H;1-2H2;2*1,3-4H2,2H3;. The Hall–Kier alpha value is -0.331. The molecule has 0 spiro atoms. The Morgan fingerprint density at radius 2 is 1.29 bits per heavy atom. The molecule has 0 aliphatic carbocycles. The summed E-state index contributed by atoms with van der Waals surface area (Å²) in [6, 6.07) is 8.69. The van der Waals surface area contributed by atoms with E-state index >= 15 is 8.78 Å². The third-order valence-corrected chi connectivity index (χ3v) is 20.4. The fraction of sp³-hybridized carbons (Fsp3) is 0.667. The van der Waals surface area contributed by atoms with E-state index in [0.29, 0.717) is 25.3 Å². The van der Waals surface area contributed by atoms with Gasteiger partial charge in [0.2, 0.25) is 0 Å². The first-order chi connectivity index (χ1) is 11.2. The Morgan fingerprint density at radius 3 is 1.71 bits per heavy atom. The molecule has 0 aliphatic heterocycles. The topological polar surface area (TPSA) is 0 Å². The van der Waals surface area contributed by atoms with Crippen LogP contribution < -0.4 is 3.58 Å². The molecular weight excluding hydrogens is 430 g/mol. The molecule has 0 atom stereocenters. The number of rotatable bonds is 10. The summed E-state index contributed by atoms with van der Waals surface area (Å²) in [5.41, 5.74) is 0. The van der Waals surface area contributed by atoms with E-state index in [2.05, 4.69) is 0 Å². The average molecular weight is 457 g/mol. The summed E-state index contributed by atoms with van der Waals surface area (Å²) >= 11 is -4.32. The Labute approximate surface area is 145 Å². The van der Waals surface area contributed by atoms with E-state index in [4.69, 9.17) is 0 Å². The second kappa shape index (κ2) is 9.39. The van der Waals surface area contributed by atoms with Gasteiger partial charge in [0, 0.05) is 0 Å². The van der Waals surface area contributed by atoms with Crippen molar-refractivity contribution >= 4 is 22.0 Å². The van der Waals surface area contributed by atoms with E-state index in [1.807, 2.05) is 13.8 Å². The number of unbranched alkanes of at least 4 members (excludes halogenated alkanes) is 2. The first kappa shape index (κ1) is 21.7. The molecule has 0 unspecified atom stereocenters. The second-order valence-electron chi connectivity index (χ2n) is 6.47. The predicted molar refractivity (Wildman–Crippen MR) is 91.5 cm³/mol. The Balaban J connectivity index is 3.26. The van der Waals surface area contributed by atoms with E-state index in [9.17, 15) is 13.2 Å². The quantitative estimate of drug-likeness (QED) is 0.280. The summed E-state index contributed by atoms with van der Waals surface area (Å²) in [5.74, 6) is 0. The Morgan fingerprint density at radius 1 is 0.792 bits per heavy atom. The van der Waals surface area contributed by atoms with Gasteiger partial charge in [-0.1, -0.05) is 0 Å². The predicted octanol–water partition coefficient (Wildman–Crippen LogP) is 6.46. The zero-order valence-corrected chi connectivity index (χ0v) is 17.3. The fourth-order valence-corrected chi connectivity index (χ4v) is 18.5. The molecule has 0 fully saturated rings. The van der Waals surface area contributed by atoms with Crippen molar-refractivity contribution < 1.29 is 22.0 Å². The van der Waals surface area contributed by atoms with E-state index < -0.39 is 41.3 Å². The fourth-order valence-electron chi connectivity index (χ4n) is 3.24. The monoisotopic (exact) mass is 458 g/mol. The molecule has 0 amide bonds. The maximum atomic E-state index is 15.2. The molecule has 6 heteroatoms. The minimum absolute atomic E-state index is 0.417. The van der Waals surface area contributed by atoms with Crippen LogP contribution in [0.25, 0.3) is 0 Å². The zero-order chi connectivity index (χ0) is 18.3. The van der Waals surface area contributed by atoms with Crippen LogP contribution in [-0.4, -0.2) is 28.5 Å². The van der Waals surface area contributed by atoms with Crippen LogP contribution in [0, 0.1) is 0 Å². The minimum atomic E-state index is -4.53. The van der Waals surface area contributed by atoms with Gasteiger partial charge in [0.25, 0.3) is 0 Å². The van der Waals surface area contributed by atoms with Crippen molar-refractivity contribution in [3.05, 3.63) is 30.3 Å². The van der Waals surface area contributed by atoms with Gasteiger partial charge in [-0.3, -0.25) is 0 Å². The molecule has 0 saturated heterocycles. The van der Waals surface area contributed by atoms with Gasteiger partial charge in [-0.05, 0) is 0 Å². The van der Waals surface area contributed by atoms with Crippen LogP contribution in [-0.2, 0) is 0 Å². The summed E-state index contributed by atoms with van der Waals surface area (Å²) in [6.45, 7) is 3.88. The normalized spacial score (nSPS) is 13.3. The van der Waals surface area contributed by atoms with E-state index in [0.717, 1.165) is 12.8 Å². The molecule has 1 rings (SSSR count). The van der Waals surface area contributed by atoms with Crippen LogP contribution in [0.2, 0.25) is 8.87 Å². The third kappa shape index (κ3) is 5.88. The van der Waals surface area contributed by atoms with Crippen molar-refractivity contribution in [2.75, 3.05) is 0 Å². The van der Waals surface area contributed by atoms with Crippen molar-refractivity contribution in [1.29, 1.82) is 0 Å². The van der Waals surface area contributed by atoms with Gasteiger partial charge >= 0.3 is 146 Å². The number of hydrogen-bond donors (Lipinski definition) is 0. The molecular formula is C18H27F5Sn. The Bertz CT molecular complexity index is 462. The summed E-state index contributed by atoms with van der Waals surface area (Å²) in [5, 5.41) is 0. The van der Waals surface area contributed by atoms with Crippen LogP contribution in [0.1, 0.15) is 52.4 Å². The molecule has 0 N–H and O–H groups in total. The van der Waals surface area contributed by atoms with Crippen LogP contribution >= 0.6 is 0 Å². The third-order valence-electron chi connectivity index (χ3n) is 4.66. The van der Waals surface area contributed by atoms with Crippen molar-refractivity contribution in [1.82, 2.24) is 0 Å². The van der Waals surface area contributed by atoms with Crippen LogP contribution in [0.4, 0.5) is 22.0 Å². The molecule has 0 heterocycles. The molecule has 0 aliphatic rings. The number of halogens is 5. The van der Waals surface area contributed by atoms with Crippen molar-refractivity contribution in [3.8, 4) is 0 Å². The van der Waals surface area contributed by atoms with Gasteiger partial charge in [-0.15, -0.1) is 0 Å². The molecule has 0 radical (unpaired) electrons. The number of alkyl halides is 5. The van der Waals surface area contributed by atoms with E-state index in [-0.39, 0.29) is 0 Å². The van der Waals surface area contributed by atoms with Gasteiger partial charge in [0.05, 0.1) is 0 Å².